The van der Waals surface area contributed by atoms with Gasteiger partial charge in [-0.3, -0.25) is 14.6 Å². The number of aromatic amines is 1. The Balaban J connectivity index is 1.42. The van der Waals surface area contributed by atoms with Gasteiger partial charge in [0.1, 0.15) is 17.5 Å². The van der Waals surface area contributed by atoms with E-state index >= 15 is 0 Å². The predicted molar refractivity (Wildman–Crippen MR) is 131 cm³/mol. The van der Waals surface area contributed by atoms with E-state index in [9.17, 15) is 14.9 Å². The number of ether oxygens (including phenoxy) is 3. The van der Waals surface area contributed by atoms with Gasteiger partial charge in [0.25, 0.3) is 5.56 Å². The summed E-state index contributed by atoms with van der Waals surface area (Å²) >= 11 is 0. The molecule has 1 amide bonds. The molecule has 0 saturated heterocycles. The van der Waals surface area contributed by atoms with Crippen LogP contribution in [0.25, 0.3) is 0 Å². The van der Waals surface area contributed by atoms with Crippen molar-refractivity contribution in [3.8, 4) is 23.3 Å². The lowest BCUT2D eigenvalue weighted by Crippen LogP contribution is -2.38. The number of hydrogen-bond acceptors (Lipinski definition) is 8. The van der Waals surface area contributed by atoms with E-state index in [1.54, 1.807) is 24.3 Å². The van der Waals surface area contributed by atoms with Crippen molar-refractivity contribution >= 4 is 17.7 Å². The second kappa shape index (κ2) is 10.00. The summed E-state index contributed by atoms with van der Waals surface area (Å²) in [5.74, 6) is 0.0356. The molecule has 184 valence electrons. The van der Waals surface area contributed by atoms with Gasteiger partial charge in [0.2, 0.25) is 11.9 Å². The van der Waals surface area contributed by atoms with E-state index in [2.05, 4.69) is 20.6 Å². The minimum absolute atomic E-state index is 0.135. The highest BCUT2D eigenvalue weighted by molar-refractivity contribution is 5.97. The molecule has 0 spiro atoms. The third-order valence-electron chi connectivity index (χ3n) is 6.08. The van der Waals surface area contributed by atoms with E-state index in [0.29, 0.717) is 49.2 Å². The zero-order valence-corrected chi connectivity index (χ0v) is 19.7. The Morgan fingerprint density at radius 3 is 2.67 bits per heavy atom. The number of benzene rings is 2. The number of carbonyl (C=O) groups is 1. The third-order valence-corrected chi connectivity index (χ3v) is 6.08. The highest BCUT2D eigenvalue weighted by atomic mass is 16.5. The average Bonchev–Trinajstić information content (AvgIpc) is 3.12. The van der Waals surface area contributed by atoms with Gasteiger partial charge in [-0.2, -0.15) is 10.2 Å². The maximum atomic E-state index is 13.2. The van der Waals surface area contributed by atoms with Crippen LogP contribution < -0.4 is 30.4 Å². The number of aromatic nitrogens is 2. The van der Waals surface area contributed by atoms with Gasteiger partial charge >= 0.3 is 0 Å². The van der Waals surface area contributed by atoms with Crippen molar-refractivity contribution in [1.82, 2.24) is 9.97 Å². The molecule has 2 aliphatic heterocycles. The van der Waals surface area contributed by atoms with Crippen LogP contribution in [0.3, 0.4) is 0 Å². The predicted octanol–water partition coefficient (Wildman–Crippen LogP) is 3.17. The standard InChI is InChI=1S/C26H25N5O5/c1-2-34-17-7-5-16(6-8-17)21-18(13-27)24(32)29-23-22(21)25(33)31-26(30-23)28-14-15-4-9-19-20(12-15)36-11-3-10-35-19/h4-9,12,18,21H,2-3,10-11,14H2,1H3,(H3,28,29,30,31,32,33). The van der Waals surface area contributed by atoms with Crippen LogP contribution in [0.1, 0.15) is 36.0 Å². The van der Waals surface area contributed by atoms with Gasteiger partial charge in [-0.15, -0.1) is 0 Å². The molecule has 2 unspecified atom stereocenters. The first kappa shape index (κ1) is 23.2. The van der Waals surface area contributed by atoms with Gasteiger partial charge in [-0.1, -0.05) is 18.2 Å². The fraction of sp³-hybridized carbons (Fsp3) is 0.308. The molecule has 0 aliphatic carbocycles. The molecule has 2 atom stereocenters. The Bertz CT molecular complexity index is 1380. The summed E-state index contributed by atoms with van der Waals surface area (Å²) in [6, 6.07) is 14.7. The number of amides is 1. The molecule has 2 aromatic carbocycles. The molecular formula is C26H25N5O5. The van der Waals surface area contributed by atoms with Crippen LogP contribution in [-0.4, -0.2) is 35.7 Å². The maximum absolute atomic E-state index is 13.2. The molecular weight excluding hydrogens is 462 g/mol. The lowest BCUT2D eigenvalue weighted by Gasteiger charge is -2.28. The molecule has 3 heterocycles. The number of carbonyl (C=O) groups excluding carboxylic acids is 1. The minimum Gasteiger partial charge on any atom is -0.494 e. The second-order valence-corrected chi connectivity index (χ2v) is 8.44. The number of nitrogens with zero attached hydrogens (tertiary/aromatic N) is 2. The first-order valence-corrected chi connectivity index (χ1v) is 11.8. The Labute approximate surface area is 207 Å². The highest BCUT2D eigenvalue weighted by Crippen LogP contribution is 2.38. The van der Waals surface area contributed by atoms with Crippen LogP contribution in [-0.2, 0) is 11.3 Å². The molecule has 3 aromatic rings. The Morgan fingerprint density at radius 1 is 1.14 bits per heavy atom. The van der Waals surface area contributed by atoms with Crippen molar-refractivity contribution in [3.05, 3.63) is 69.5 Å². The molecule has 2 aliphatic rings. The Morgan fingerprint density at radius 2 is 1.92 bits per heavy atom. The topological polar surface area (TPSA) is 138 Å². The quantitative estimate of drug-likeness (QED) is 0.482. The lowest BCUT2D eigenvalue weighted by molar-refractivity contribution is -0.119. The molecule has 36 heavy (non-hydrogen) atoms. The summed E-state index contributed by atoms with van der Waals surface area (Å²) in [5.41, 5.74) is 1.37. The minimum atomic E-state index is -1.07. The van der Waals surface area contributed by atoms with Crippen LogP contribution in [0.2, 0.25) is 0 Å². The summed E-state index contributed by atoms with van der Waals surface area (Å²) in [6.45, 7) is 3.95. The van der Waals surface area contributed by atoms with Crippen LogP contribution in [0.5, 0.6) is 17.2 Å². The first-order valence-electron chi connectivity index (χ1n) is 11.8. The molecule has 1 aromatic heterocycles. The molecule has 0 saturated carbocycles. The fourth-order valence-corrected chi connectivity index (χ4v) is 4.40. The summed E-state index contributed by atoms with van der Waals surface area (Å²) in [5, 5.41) is 15.4. The van der Waals surface area contributed by atoms with E-state index in [1.807, 2.05) is 31.2 Å². The monoisotopic (exact) mass is 487 g/mol. The second-order valence-electron chi connectivity index (χ2n) is 8.44. The lowest BCUT2D eigenvalue weighted by atomic mass is 9.79. The maximum Gasteiger partial charge on any atom is 0.258 e. The van der Waals surface area contributed by atoms with Gasteiger partial charge in [0.15, 0.2) is 11.5 Å². The summed E-state index contributed by atoms with van der Waals surface area (Å²) in [7, 11) is 0. The van der Waals surface area contributed by atoms with Crippen molar-refractivity contribution in [2.75, 3.05) is 30.5 Å². The number of hydrogen-bond donors (Lipinski definition) is 3. The van der Waals surface area contributed by atoms with Gasteiger partial charge in [-0.25, -0.2) is 0 Å². The number of fused-ring (bicyclic) bond motifs is 2. The molecule has 10 heteroatoms. The van der Waals surface area contributed by atoms with E-state index < -0.39 is 23.3 Å². The zero-order valence-electron chi connectivity index (χ0n) is 19.7. The average molecular weight is 488 g/mol. The Kier molecular flexibility index (Phi) is 6.45. The van der Waals surface area contributed by atoms with Gasteiger partial charge < -0.3 is 24.8 Å². The van der Waals surface area contributed by atoms with E-state index in [0.717, 1.165) is 12.0 Å². The van der Waals surface area contributed by atoms with Gasteiger partial charge in [0.05, 0.1) is 31.5 Å². The fourth-order valence-electron chi connectivity index (χ4n) is 4.40. The molecule has 0 fully saturated rings. The van der Waals surface area contributed by atoms with Crippen molar-refractivity contribution in [3.63, 3.8) is 0 Å². The number of rotatable bonds is 6. The molecule has 0 bridgehead atoms. The first-order chi connectivity index (χ1) is 17.6. The van der Waals surface area contributed by atoms with E-state index in [-0.39, 0.29) is 17.3 Å². The van der Waals surface area contributed by atoms with Crippen LogP contribution in [0, 0.1) is 17.2 Å². The molecule has 5 rings (SSSR count). The molecule has 0 radical (unpaired) electrons. The van der Waals surface area contributed by atoms with E-state index in [4.69, 9.17) is 14.2 Å². The van der Waals surface area contributed by atoms with Crippen molar-refractivity contribution < 1.29 is 19.0 Å². The number of anilines is 2. The summed E-state index contributed by atoms with van der Waals surface area (Å²) < 4.78 is 16.9. The van der Waals surface area contributed by atoms with Crippen LogP contribution in [0.4, 0.5) is 11.8 Å². The van der Waals surface area contributed by atoms with Crippen molar-refractivity contribution in [2.24, 2.45) is 5.92 Å². The smallest absolute Gasteiger partial charge is 0.258 e. The molecule has 3 N–H and O–H groups in total. The number of H-pyrrole nitrogens is 1. The SMILES string of the molecule is CCOc1ccc(C2c3c(nc(NCc4ccc5c(c4)OCCCO5)[nH]c3=O)NC(=O)C2C#N)cc1. The van der Waals surface area contributed by atoms with Crippen molar-refractivity contribution in [2.45, 2.75) is 25.8 Å². The summed E-state index contributed by atoms with van der Waals surface area (Å²) in [4.78, 5) is 33.1. The third kappa shape index (κ3) is 4.55. The highest BCUT2D eigenvalue weighted by Gasteiger charge is 2.40. The van der Waals surface area contributed by atoms with Gasteiger partial charge in [-0.05, 0) is 42.3 Å². The van der Waals surface area contributed by atoms with Gasteiger partial charge in [0, 0.05) is 18.9 Å². The number of nitriles is 1. The molecule has 10 nitrogen and oxygen atoms in total. The number of nitrogens with one attached hydrogen (secondary N) is 3. The largest absolute Gasteiger partial charge is 0.494 e. The normalized spacial score (nSPS) is 18.3. The van der Waals surface area contributed by atoms with Crippen LogP contribution >= 0.6 is 0 Å². The van der Waals surface area contributed by atoms with E-state index in [1.165, 1.54) is 0 Å². The zero-order chi connectivity index (χ0) is 25.1. The van der Waals surface area contributed by atoms with Crippen molar-refractivity contribution in [1.29, 1.82) is 5.26 Å². The Hall–Kier alpha value is -4.52. The van der Waals surface area contributed by atoms with Crippen LogP contribution in [0.15, 0.2) is 47.3 Å². The summed E-state index contributed by atoms with van der Waals surface area (Å²) in [6.07, 6.45) is 0.818.